The highest BCUT2D eigenvalue weighted by Crippen LogP contribution is 2.44. The fraction of sp³-hybridized carbons (Fsp3) is 0.364. The molecule has 1 aliphatic rings. The number of anilines is 1. The van der Waals surface area contributed by atoms with Gasteiger partial charge < -0.3 is 14.7 Å². The van der Waals surface area contributed by atoms with Gasteiger partial charge in [0.05, 0.1) is 18.3 Å². The molecule has 142 valence electrons. The number of amides is 1. The van der Waals surface area contributed by atoms with Crippen LogP contribution in [0.2, 0.25) is 0 Å². The SMILES string of the molecule is CC(=O)C[C@]1(O)C(=O)N(Cc2ccccc2OC(C)C)c2ccc(C)cc21. The number of carbonyl (C=O) groups excluding carboxylic acids is 2. The first-order valence-electron chi connectivity index (χ1n) is 9.12. The van der Waals surface area contributed by atoms with Crippen molar-refractivity contribution in [3.63, 3.8) is 0 Å². The maximum absolute atomic E-state index is 13.2. The number of para-hydroxylation sites is 1. The summed E-state index contributed by atoms with van der Waals surface area (Å²) in [6.07, 6.45) is -0.229. The predicted octanol–water partition coefficient (Wildman–Crippen LogP) is 3.50. The molecule has 0 aliphatic carbocycles. The van der Waals surface area contributed by atoms with Gasteiger partial charge in [-0.15, -0.1) is 0 Å². The average Bonchev–Trinajstić information content (AvgIpc) is 2.77. The van der Waals surface area contributed by atoms with Gasteiger partial charge in [0.2, 0.25) is 0 Å². The minimum absolute atomic E-state index is 0.00464. The molecule has 0 unspecified atom stereocenters. The van der Waals surface area contributed by atoms with Crippen molar-refractivity contribution in [1.82, 2.24) is 0 Å². The Kier molecular flexibility index (Phi) is 5.07. The van der Waals surface area contributed by atoms with Gasteiger partial charge in [-0.1, -0.05) is 35.9 Å². The topological polar surface area (TPSA) is 66.8 Å². The van der Waals surface area contributed by atoms with Gasteiger partial charge >= 0.3 is 0 Å². The van der Waals surface area contributed by atoms with Gasteiger partial charge in [-0.05, 0) is 39.8 Å². The number of nitrogens with zero attached hydrogens (tertiary/aromatic N) is 1. The average molecular weight is 367 g/mol. The van der Waals surface area contributed by atoms with Crippen LogP contribution in [-0.4, -0.2) is 22.9 Å². The van der Waals surface area contributed by atoms with Gasteiger partial charge in [0.25, 0.3) is 5.91 Å². The third kappa shape index (κ3) is 3.60. The van der Waals surface area contributed by atoms with Crippen LogP contribution in [0.1, 0.15) is 43.9 Å². The van der Waals surface area contributed by atoms with E-state index in [2.05, 4.69) is 0 Å². The second kappa shape index (κ2) is 7.16. The number of ketones is 1. The quantitative estimate of drug-likeness (QED) is 0.849. The Hall–Kier alpha value is -2.66. The smallest absolute Gasteiger partial charge is 0.264 e. The summed E-state index contributed by atoms with van der Waals surface area (Å²) < 4.78 is 5.86. The monoisotopic (exact) mass is 367 g/mol. The molecule has 0 fully saturated rings. The van der Waals surface area contributed by atoms with Gasteiger partial charge in [-0.2, -0.15) is 0 Å². The molecule has 2 aromatic rings. The number of aryl methyl sites for hydroxylation is 1. The summed E-state index contributed by atoms with van der Waals surface area (Å²) in [5.41, 5.74) is 1.08. The molecule has 1 heterocycles. The van der Waals surface area contributed by atoms with Crippen molar-refractivity contribution in [3.8, 4) is 5.75 Å². The zero-order chi connectivity index (χ0) is 19.8. The largest absolute Gasteiger partial charge is 0.491 e. The Labute approximate surface area is 159 Å². The Balaban J connectivity index is 2.03. The number of benzene rings is 2. The van der Waals surface area contributed by atoms with Crippen LogP contribution in [0.15, 0.2) is 42.5 Å². The molecule has 0 saturated heterocycles. The third-order valence-corrected chi connectivity index (χ3v) is 4.66. The predicted molar refractivity (Wildman–Crippen MR) is 104 cm³/mol. The van der Waals surface area contributed by atoms with Gasteiger partial charge in [0.15, 0.2) is 5.60 Å². The highest BCUT2D eigenvalue weighted by molar-refractivity contribution is 6.08. The van der Waals surface area contributed by atoms with Crippen molar-refractivity contribution in [1.29, 1.82) is 0 Å². The minimum atomic E-state index is -1.82. The summed E-state index contributed by atoms with van der Waals surface area (Å²) in [5, 5.41) is 11.1. The first kappa shape index (κ1) is 19.1. The summed E-state index contributed by atoms with van der Waals surface area (Å²) in [6, 6.07) is 13.1. The standard InChI is InChI=1S/C22H25NO4/c1-14(2)27-20-8-6-5-7-17(20)13-23-19-10-9-15(3)11-18(19)22(26,21(23)25)12-16(4)24/h5-11,14,26H,12-13H2,1-4H3/t22-/m1/s1. The molecule has 0 aromatic heterocycles. The van der Waals surface area contributed by atoms with Crippen molar-refractivity contribution < 1.29 is 19.4 Å². The summed E-state index contributed by atoms with van der Waals surface area (Å²) in [7, 11) is 0. The number of rotatable bonds is 6. The molecule has 1 aliphatic heterocycles. The number of Topliss-reactive ketones (excluding diaryl/α,β-unsaturated/α-hetero) is 1. The van der Waals surface area contributed by atoms with E-state index < -0.39 is 11.5 Å². The van der Waals surface area contributed by atoms with Gasteiger partial charge in [0.1, 0.15) is 11.5 Å². The van der Waals surface area contributed by atoms with Crippen LogP contribution in [0.5, 0.6) is 5.75 Å². The lowest BCUT2D eigenvalue weighted by Crippen LogP contribution is -2.41. The molecule has 2 aromatic carbocycles. The van der Waals surface area contributed by atoms with E-state index >= 15 is 0 Å². The van der Waals surface area contributed by atoms with Crippen molar-refractivity contribution in [2.45, 2.75) is 52.4 Å². The van der Waals surface area contributed by atoms with Crippen LogP contribution < -0.4 is 9.64 Å². The number of aliphatic hydroxyl groups is 1. The van der Waals surface area contributed by atoms with Crippen LogP contribution in [0.4, 0.5) is 5.69 Å². The Bertz CT molecular complexity index is 890. The molecule has 0 radical (unpaired) electrons. The molecule has 0 bridgehead atoms. The van der Waals surface area contributed by atoms with E-state index in [1.54, 1.807) is 11.0 Å². The van der Waals surface area contributed by atoms with Crippen LogP contribution >= 0.6 is 0 Å². The van der Waals surface area contributed by atoms with Crippen LogP contribution in [0, 0.1) is 6.92 Å². The number of fused-ring (bicyclic) bond motifs is 1. The molecular formula is C22H25NO4. The molecule has 3 rings (SSSR count). The highest BCUT2D eigenvalue weighted by atomic mass is 16.5. The van der Waals surface area contributed by atoms with Crippen LogP contribution in [0.25, 0.3) is 0 Å². The first-order chi connectivity index (χ1) is 12.7. The minimum Gasteiger partial charge on any atom is -0.491 e. The fourth-order valence-electron chi connectivity index (χ4n) is 3.53. The zero-order valence-electron chi connectivity index (χ0n) is 16.2. The number of carbonyl (C=O) groups is 2. The Morgan fingerprint density at radius 1 is 1.22 bits per heavy atom. The van der Waals surface area contributed by atoms with Crippen LogP contribution in [0.3, 0.4) is 0 Å². The molecule has 1 amide bonds. The summed E-state index contributed by atoms with van der Waals surface area (Å²) in [6.45, 7) is 7.43. The highest BCUT2D eigenvalue weighted by Gasteiger charge is 2.50. The van der Waals surface area contributed by atoms with E-state index in [9.17, 15) is 14.7 Å². The van der Waals surface area contributed by atoms with E-state index in [1.165, 1.54) is 6.92 Å². The van der Waals surface area contributed by atoms with Crippen molar-refractivity contribution in [2.24, 2.45) is 0 Å². The Morgan fingerprint density at radius 3 is 2.59 bits per heavy atom. The first-order valence-corrected chi connectivity index (χ1v) is 9.12. The lowest BCUT2D eigenvalue weighted by Gasteiger charge is -2.23. The van der Waals surface area contributed by atoms with E-state index in [-0.39, 0.29) is 24.9 Å². The summed E-state index contributed by atoms with van der Waals surface area (Å²) >= 11 is 0. The summed E-state index contributed by atoms with van der Waals surface area (Å²) in [5.74, 6) is -0.00248. The number of hydrogen-bond acceptors (Lipinski definition) is 4. The lowest BCUT2D eigenvalue weighted by molar-refractivity contribution is -0.141. The maximum Gasteiger partial charge on any atom is 0.264 e. The van der Waals surface area contributed by atoms with E-state index in [1.807, 2.05) is 57.2 Å². The maximum atomic E-state index is 13.2. The van der Waals surface area contributed by atoms with Gasteiger partial charge in [0, 0.05) is 17.5 Å². The molecule has 1 N–H and O–H groups in total. The normalized spacial score (nSPS) is 18.7. The Morgan fingerprint density at radius 2 is 1.93 bits per heavy atom. The lowest BCUT2D eigenvalue weighted by atomic mass is 9.89. The van der Waals surface area contributed by atoms with Gasteiger partial charge in [-0.3, -0.25) is 9.59 Å². The van der Waals surface area contributed by atoms with Gasteiger partial charge in [-0.25, -0.2) is 0 Å². The molecule has 27 heavy (non-hydrogen) atoms. The molecular weight excluding hydrogens is 342 g/mol. The summed E-state index contributed by atoms with van der Waals surface area (Å²) in [4.78, 5) is 26.4. The van der Waals surface area contributed by atoms with E-state index in [0.29, 0.717) is 17.0 Å². The molecule has 0 spiro atoms. The molecule has 5 nitrogen and oxygen atoms in total. The molecule has 0 saturated carbocycles. The van der Waals surface area contributed by atoms with Crippen LogP contribution in [-0.2, 0) is 21.7 Å². The molecule has 5 heteroatoms. The molecule has 1 atom stereocenters. The zero-order valence-corrected chi connectivity index (χ0v) is 16.2. The van der Waals surface area contributed by atoms with E-state index in [0.717, 1.165) is 11.1 Å². The second-order valence-corrected chi connectivity index (χ2v) is 7.43. The fourth-order valence-corrected chi connectivity index (χ4v) is 3.53. The third-order valence-electron chi connectivity index (χ3n) is 4.66. The van der Waals surface area contributed by atoms with Crippen molar-refractivity contribution in [2.75, 3.05) is 4.90 Å². The van der Waals surface area contributed by atoms with Crippen molar-refractivity contribution >= 4 is 17.4 Å². The number of hydrogen-bond donors (Lipinski definition) is 1. The van der Waals surface area contributed by atoms with Crippen molar-refractivity contribution in [3.05, 3.63) is 59.2 Å². The van der Waals surface area contributed by atoms with E-state index in [4.69, 9.17) is 4.74 Å². The second-order valence-electron chi connectivity index (χ2n) is 7.43. The number of ether oxygens (including phenoxy) is 1.